The second kappa shape index (κ2) is 10.2. The van der Waals surface area contributed by atoms with Gasteiger partial charge in [0.2, 0.25) is 5.75 Å². The molecule has 0 atom stereocenters. The summed E-state index contributed by atoms with van der Waals surface area (Å²) in [4.78, 5) is 12.5. The fraction of sp³-hybridized carbons (Fsp3) is 0.333. The van der Waals surface area contributed by atoms with Crippen LogP contribution >= 0.6 is 0 Å². The molecule has 1 amide bonds. The van der Waals surface area contributed by atoms with Crippen LogP contribution in [0.4, 0.5) is 0 Å². The molecule has 0 spiro atoms. The van der Waals surface area contributed by atoms with Gasteiger partial charge in [0, 0.05) is 5.56 Å². The highest BCUT2D eigenvalue weighted by Crippen LogP contribution is 2.39. The molecule has 0 fully saturated rings. The molecule has 0 saturated carbocycles. The number of hydrogen-bond acceptors (Lipinski definition) is 5. The van der Waals surface area contributed by atoms with Crippen LogP contribution in [-0.4, -0.2) is 31.9 Å². The number of aryl methyl sites for hydroxylation is 1. The molecule has 6 heteroatoms. The summed E-state index contributed by atoms with van der Waals surface area (Å²) in [7, 11) is 0. The number of benzene rings is 2. The number of nitrogens with zero attached hydrogens (tertiary/aromatic N) is 1. The standard InChI is InChI=1S/C21H26N2O4/c1-5-25-18-12-17(13-19(26-6-2)20(18)27-7-3)21(24)23-22-14-16-10-8-9-15(4)11-16/h8-14H,5-7H2,1-4H3,(H,23,24). The van der Waals surface area contributed by atoms with E-state index >= 15 is 0 Å². The molecular formula is C21H26N2O4. The molecule has 0 aliphatic rings. The van der Waals surface area contributed by atoms with Gasteiger partial charge in [-0.15, -0.1) is 0 Å². The molecule has 0 radical (unpaired) electrons. The number of rotatable bonds is 9. The average molecular weight is 370 g/mol. The molecule has 0 aromatic heterocycles. The summed E-state index contributed by atoms with van der Waals surface area (Å²) >= 11 is 0. The quantitative estimate of drug-likeness (QED) is 0.536. The highest BCUT2D eigenvalue weighted by Gasteiger charge is 2.18. The number of ether oxygens (including phenoxy) is 3. The van der Waals surface area contributed by atoms with Crippen LogP contribution < -0.4 is 19.6 Å². The molecular weight excluding hydrogens is 344 g/mol. The Morgan fingerprint density at radius 2 is 1.63 bits per heavy atom. The first-order chi connectivity index (χ1) is 13.1. The Balaban J connectivity index is 2.23. The first kappa shape index (κ1) is 20.3. The van der Waals surface area contributed by atoms with Gasteiger partial charge in [-0.05, 0) is 45.4 Å². The minimum absolute atomic E-state index is 0.358. The van der Waals surface area contributed by atoms with E-state index in [4.69, 9.17) is 14.2 Å². The van der Waals surface area contributed by atoms with E-state index in [1.807, 2.05) is 52.0 Å². The van der Waals surface area contributed by atoms with Crippen LogP contribution in [0.5, 0.6) is 17.2 Å². The number of hydrogen-bond donors (Lipinski definition) is 1. The van der Waals surface area contributed by atoms with Gasteiger partial charge in [0.05, 0.1) is 26.0 Å². The molecule has 6 nitrogen and oxygen atoms in total. The Hall–Kier alpha value is -3.02. The zero-order valence-corrected chi connectivity index (χ0v) is 16.2. The Morgan fingerprint density at radius 1 is 1.00 bits per heavy atom. The number of amides is 1. The van der Waals surface area contributed by atoms with E-state index in [9.17, 15) is 4.79 Å². The lowest BCUT2D eigenvalue weighted by atomic mass is 10.1. The molecule has 27 heavy (non-hydrogen) atoms. The van der Waals surface area contributed by atoms with Crippen molar-refractivity contribution in [2.45, 2.75) is 27.7 Å². The van der Waals surface area contributed by atoms with Crippen molar-refractivity contribution in [3.05, 3.63) is 53.1 Å². The van der Waals surface area contributed by atoms with Crippen molar-refractivity contribution in [2.24, 2.45) is 5.10 Å². The van der Waals surface area contributed by atoms with E-state index in [0.717, 1.165) is 11.1 Å². The van der Waals surface area contributed by atoms with E-state index < -0.39 is 0 Å². The molecule has 1 N–H and O–H groups in total. The van der Waals surface area contributed by atoms with Gasteiger partial charge in [0.15, 0.2) is 11.5 Å². The highest BCUT2D eigenvalue weighted by molar-refractivity contribution is 5.96. The molecule has 0 heterocycles. The lowest BCUT2D eigenvalue weighted by Gasteiger charge is -2.16. The summed E-state index contributed by atoms with van der Waals surface area (Å²) in [5.74, 6) is 1.08. The van der Waals surface area contributed by atoms with E-state index in [2.05, 4.69) is 10.5 Å². The van der Waals surface area contributed by atoms with Crippen LogP contribution in [0.2, 0.25) is 0 Å². The zero-order valence-electron chi connectivity index (χ0n) is 16.2. The van der Waals surface area contributed by atoms with Crippen molar-refractivity contribution >= 4 is 12.1 Å². The Bertz CT molecular complexity index is 776. The molecule has 144 valence electrons. The van der Waals surface area contributed by atoms with Crippen LogP contribution in [0.1, 0.15) is 42.3 Å². The van der Waals surface area contributed by atoms with Crippen molar-refractivity contribution in [1.82, 2.24) is 5.43 Å². The minimum atomic E-state index is -0.358. The van der Waals surface area contributed by atoms with Gasteiger partial charge in [-0.1, -0.05) is 29.8 Å². The van der Waals surface area contributed by atoms with E-state index in [1.165, 1.54) is 0 Å². The van der Waals surface area contributed by atoms with Gasteiger partial charge >= 0.3 is 0 Å². The van der Waals surface area contributed by atoms with Crippen LogP contribution in [0, 0.1) is 6.92 Å². The van der Waals surface area contributed by atoms with Gasteiger partial charge in [-0.2, -0.15) is 5.10 Å². The minimum Gasteiger partial charge on any atom is -0.490 e. The maximum atomic E-state index is 12.5. The third-order valence-corrected chi connectivity index (χ3v) is 3.59. The lowest BCUT2D eigenvalue weighted by molar-refractivity contribution is 0.0954. The van der Waals surface area contributed by atoms with Gasteiger partial charge in [0.25, 0.3) is 5.91 Å². The maximum Gasteiger partial charge on any atom is 0.271 e. The average Bonchev–Trinajstić information content (AvgIpc) is 2.64. The monoisotopic (exact) mass is 370 g/mol. The Morgan fingerprint density at radius 3 is 2.19 bits per heavy atom. The molecule has 2 rings (SSSR count). The first-order valence-corrected chi connectivity index (χ1v) is 9.05. The summed E-state index contributed by atoms with van der Waals surface area (Å²) in [5, 5.41) is 4.03. The lowest BCUT2D eigenvalue weighted by Crippen LogP contribution is -2.18. The van der Waals surface area contributed by atoms with Gasteiger partial charge in [0.1, 0.15) is 0 Å². The van der Waals surface area contributed by atoms with E-state index in [-0.39, 0.29) is 5.91 Å². The number of hydrazone groups is 1. The van der Waals surface area contributed by atoms with Crippen molar-refractivity contribution in [1.29, 1.82) is 0 Å². The SMILES string of the molecule is CCOc1cc(C(=O)NN=Cc2cccc(C)c2)cc(OCC)c1OCC. The van der Waals surface area contributed by atoms with Gasteiger partial charge in [-0.25, -0.2) is 5.43 Å². The molecule has 0 unspecified atom stereocenters. The van der Waals surface area contributed by atoms with Crippen molar-refractivity contribution in [2.75, 3.05) is 19.8 Å². The van der Waals surface area contributed by atoms with Crippen molar-refractivity contribution < 1.29 is 19.0 Å². The Labute approximate surface area is 160 Å². The molecule has 0 saturated heterocycles. The van der Waals surface area contributed by atoms with Crippen LogP contribution in [0.3, 0.4) is 0 Å². The van der Waals surface area contributed by atoms with Crippen LogP contribution in [0.25, 0.3) is 0 Å². The Kier molecular flexibility index (Phi) is 7.67. The fourth-order valence-electron chi connectivity index (χ4n) is 2.50. The summed E-state index contributed by atoms with van der Waals surface area (Å²) in [6, 6.07) is 11.1. The molecule has 0 aliphatic carbocycles. The predicted molar refractivity (Wildman–Crippen MR) is 106 cm³/mol. The van der Waals surface area contributed by atoms with Crippen molar-refractivity contribution in [3.63, 3.8) is 0 Å². The van der Waals surface area contributed by atoms with Crippen LogP contribution in [-0.2, 0) is 0 Å². The highest BCUT2D eigenvalue weighted by atomic mass is 16.5. The first-order valence-electron chi connectivity index (χ1n) is 9.05. The summed E-state index contributed by atoms with van der Waals surface area (Å²) in [5.41, 5.74) is 4.95. The largest absolute Gasteiger partial charge is 0.490 e. The van der Waals surface area contributed by atoms with Crippen LogP contribution in [0.15, 0.2) is 41.5 Å². The van der Waals surface area contributed by atoms with E-state index in [1.54, 1.807) is 18.3 Å². The van der Waals surface area contributed by atoms with Gasteiger partial charge < -0.3 is 14.2 Å². The molecule has 2 aromatic rings. The van der Waals surface area contributed by atoms with Crippen molar-refractivity contribution in [3.8, 4) is 17.2 Å². The topological polar surface area (TPSA) is 69.2 Å². The summed E-state index contributed by atoms with van der Waals surface area (Å²) < 4.78 is 16.9. The molecule has 2 aromatic carbocycles. The zero-order chi connectivity index (χ0) is 19.6. The molecule has 0 aliphatic heterocycles. The predicted octanol–water partition coefficient (Wildman–Crippen LogP) is 3.96. The second-order valence-electron chi connectivity index (χ2n) is 5.71. The smallest absolute Gasteiger partial charge is 0.271 e. The fourth-order valence-corrected chi connectivity index (χ4v) is 2.50. The third kappa shape index (κ3) is 5.74. The maximum absolute atomic E-state index is 12.5. The van der Waals surface area contributed by atoms with Gasteiger partial charge in [-0.3, -0.25) is 4.79 Å². The number of carbonyl (C=O) groups excluding carboxylic acids is 1. The van der Waals surface area contributed by atoms with E-state index in [0.29, 0.717) is 42.6 Å². The molecule has 0 bridgehead atoms. The summed E-state index contributed by atoms with van der Waals surface area (Å²) in [6.07, 6.45) is 1.60. The third-order valence-electron chi connectivity index (χ3n) is 3.59. The normalized spacial score (nSPS) is 10.7. The number of carbonyl (C=O) groups is 1. The second-order valence-corrected chi connectivity index (χ2v) is 5.71. The summed E-state index contributed by atoms with van der Waals surface area (Å²) in [6.45, 7) is 8.98. The number of nitrogens with one attached hydrogen (secondary N) is 1.